The van der Waals surface area contributed by atoms with Gasteiger partial charge in [-0.25, -0.2) is 0 Å². The molecule has 0 aromatic heterocycles. The highest BCUT2D eigenvalue weighted by atomic mass is 16.5. The normalized spacial score (nSPS) is 14.1. The smallest absolute Gasteiger partial charge is 0.119 e. The summed E-state index contributed by atoms with van der Waals surface area (Å²) in [5.41, 5.74) is 6.84. The molecule has 0 amide bonds. The number of hydrogen-bond acceptors (Lipinski definition) is 3. The van der Waals surface area contributed by atoms with Gasteiger partial charge in [-0.15, -0.1) is 0 Å². The molecule has 0 heterocycles. The minimum Gasteiger partial charge on any atom is -0.494 e. The third kappa shape index (κ3) is 6.60. The average molecular weight is 265 g/mol. The van der Waals surface area contributed by atoms with E-state index in [1.807, 2.05) is 19.1 Å². The summed E-state index contributed by atoms with van der Waals surface area (Å²) in [6, 6.07) is 7.95. The molecule has 2 atom stereocenters. The minimum absolute atomic E-state index is 0.166. The third-order valence-corrected chi connectivity index (χ3v) is 3.28. The van der Waals surface area contributed by atoms with Crippen molar-refractivity contribution in [2.24, 2.45) is 5.73 Å². The largest absolute Gasteiger partial charge is 0.494 e. The molecule has 0 radical (unpaired) electrons. The van der Waals surface area contributed by atoms with Gasteiger partial charge in [0.25, 0.3) is 0 Å². The first-order valence-corrected chi connectivity index (χ1v) is 7.29. The lowest BCUT2D eigenvalue weighted by Gasteiger charge is -2.14. The highest BCUT2D eigenvalue weighted by Crippen LogP contribution is 2.15. The maximum atomic E-state index is 9.66. The number of nitrogens with two attached hydrogens (primary N) is 1. The van der Waals surface area contributed by atoms with Crippen molar-refractivity contribution in [2.45, 2.75) is 58.1 Å². The Kier molecular flexibility index (Phi) is 7.53. The Bertz CT molecular complexity index is 335. The van der Waals surface area contributed by atoms with Gasteiger partial charge in [-0.3, -0.25) is 0 Å². The molecular formula is C16H27NO2. The molecule has 0 spiro atoms. The van der Waals surface area contributed by atoms with Crippen LogP contribution in [0.1, 0.15) is 45.1 Å². The fourth-order valence-corrected chi connectivity index (χ4v) is 1.87. The Labute approximate surface area is 116 Å². The van der Waals surface area contributed by atoms with Crippen LogP contribution in [0.15, 0.2) is 24.3 Å². The quantitative estimate of drug-likeness (QED) is 0.675. The van der Waals surface area contributed by atoms with Crippen LogP contribution >= 0.6 is 0 Å². The Hall–Kier alpha value is -1.06. The molecule has 1 rings (SSSR count). The van der Waals surface area contributed by atoms with Crippen molar-refractivity contribution in [2.75, 3.05) is 6.61 Å². The summed E-state index contributed by atoms with van der Waals surface area (Å²) in [4.78, 5) is 0. The predicted molar refractivity (Wildman–Crippen MR) is 79.4 cm³/mol. The topological polar surface area (TPSA) is 55.5 Å². The second-order valence-corrected chi connectivity index (χ2v) is 5.16. The van der Waals surface area contributed by atoms with Crippen LogP contribution in [0.5, 0.6) is 5.75 Å². The van der Waals surface area contributed by atoms with E-state index in [9.17, 15) is 5.11 Å². The monoisotopic (exact) mass is 265 g/mol. The van der Waals surface area contributed by atoms with Gasteiger partial charge in [0, 0.05) is 6.04 Å². The van der Waals surface area contributed by atoms with E-state index in [-0.39, 0.29) is 6.04 Å². The van der Waals surface area contributed by atoms with Gasteiger partial charge >= 0.3 is 0 Å². The Balaban J connectivity index is 2.31. The fraction of sp³-hybridized carbons (Fsp3) is 0.625. The van der Waals surface area contributed by atoms with E-state index in [0.29, 0.717) is 6.42 Å². The summed E-state index contributed by atoms with van der Waals surface area (Å²) in [7, 11) is 0. The van der Waals surface area contributed by atoms with E-state index in [2.05, 4.69) is 19.1 Å². The maximum absolute atomic E-state index is 9.66. The molecule has 3 nitrogen and oxygen atoms in total. The molecule has 0 saturated heterocycles. The Morgan fingerprint density at radius 1 is 1.21 bits per heavy atom. The molecule has 0 aliphatic carbocycles. The molecule has 1 aromatic rings. The first kappa shape index (κ1) is 16.0. The van der Waals surface area contributed by atoms with Gasteiger partial charge < -0.3 is 15.6 Å². The molecule has 3 N–H and O–H groups in total. The summed E-state index contributed by atoms with van der Waals surface area (Å²) >= 11 is 0. The third-order valence-electron chi connectivity index (χ3n) is 3.28. The minimum atomic E-state index is -0.426. The molecular weight excluding hydrogens is 238 g/mol. The molecule has 0 saturated carbocycles. The van der Waals surface area contributed by atoms with Gasteiger partial charge in [-0.1, -0.05) is 31.9 Å². The molecule has 0 aliphatic heterocycles. The van der Waals surface area contributed by atoms with Gasteiger partial charge in [-0.2, -0.15) is 0 Å². The molecule has 0 bridgehead atoms. The number of ether oxygens (including phenoxy) is 1. The van der Waals surface area contributed by atoms with Crippen LogP contribution in [0.2, 0.25) is 0 Å². The second kappa shape index (κ2) is 8.94. The lowest BCUT2D eigenvalue weighted by molar-refractivity contribution is 0.141. The van der Waals surface area contributed by atoms with Crippen molar-refractivity contribution in [1.29, 1.82) is 0 Å². The van der Waals surface area contributed by atoms with E-state index in [4.69, 9.17) is 10.5 Å². The summed E-state index contributed by atoms with van der Waals surface area (Å²) in [6.45, 7) is 4.81. The van der Waals surface area contributed by atoms with E-state index in [0.717, 1.165) is 25.2 Å². The zero-order valence-electron chi connectivity index (χ0n) is 12.1. The molecule has 19 heavy (non-hydrogen) atoms. The standard InChI is InChI=1S/C16H27NO2/c1-3-4-5-12-19-15-9-6-14(7-10-15)8-11-16(18)13(2)17/h6-7,9-10,13,16,18H,3-5,8,11-12,17H2,1-2H3. The summed E-state index contributed by atoms with van der Waals surface area (Å²) in [5.74, 6) is 0.924. The van der Waals surface area contributed by atoms with Crippen LogP contribution in [0.3, 0.4) is 0 Å². The number of hydrogen-bond donors (Lipinski definition) is 2. The van der Waals surface area contributed by atoms with E-state index < -0.39 is 6.10 Å². The van der Waals surface area contributed by atoms with Crippen LogP contribution in [-0.2, 0) is 6.42 Å². The van der Waals surface area contributed by atoms with Crippen LogP contribution in [0.4, 0.5) is 0 Å². The van der Waals surface area contributed by atoms with Gasteiger partial charge in [-0.05, 0) is 43.9 Å². The number of aliphatic hydroxyl groups is 1. The van der Waals surface area contributed by atoms with Crippen LogP contribution in [-0.4, -0.2) is 23.9 Å². The number of aliphatic hydroxyl groups excluding tert-OH is 1. The number of aryl methyl sites for hydroxylation is 1. The molecule has 1 aromatic carbocycles. The summed E-state index contributed by atoms with van der Waals surface area (Å²) < 4.78 is 5.66. The van der Waals surface area contributed by atoms with Gasteiger partial charge in [0.1, 0.15) is 5.75 Å². The number of rotatable bonds is 9. The molecule has 0 aliphatic rings. The molecule has 2 unspecified atom stereocenters. The zero-order chi connectivity index (χ0) is 14.1. The van der Waals surface area contributed by atoms with Crippen LogP contribution < -0.4 is 10.5 Å². The average Bonchev–Trinajstić information content (AvgIpc) is 2.42. The first-order valence-electron chi connectivity index (χ1n) is 7.29. The summed E-state index contributed by atoms with van der Waals surface area (Å²) in [6.07, 6.45) is 4.66. The molecule has 0 fully saturated rings. The lowest BCUT2D eigenvalue weighted by atomic mass is 10.0. The lowest BCUT2D eigenvalue weighted by Crippen LogP contribution is -2.31. The van der Waals surface area contributed by atoms with Gasteiger partial charge in [0.05, 0.1) is 12.7 Å². The number of unbranched alkanes of at least 4 members (excludes halogenated alkanes) is 2. The maximum Gasteiger partial charge on any atom is 0.119 e. The van der Waals surface area contributed by atoms with Gasteiger partial charge in [0.2, 0.25) is 0 Å². The number of benzene rings is 1. The van der Waals surface area contributed by atoms with Crippen LogP contribution in [0, 0.1) is 0 Å². The van der Waals surface area contributed by atoms with E-state index in [1.165, 1.54) is 18.4 Å². The van der Waals surface area contributed by atoms with Crippen molar-refractivity contribution in [3.05, 3.63) is 29.8 Å². The first-order chi connectivity index (χ1) is 9.13. The van der Waals surface area contributed by atoms with E-state index in [1.54, 1.807) is 0 Å². The SMILES string of the molecule is CCCCCOc1ccc(CCC(O)C(C)N)cc1. The Morgan fingerprint density at radius 2 is 1.89 bits per heavy atom. The van der Waals surface area contributed by atoms with E-state index >= 15 is 0 Å². The molecule has 108 valence electrons. The predicted octanol–water partition coefficient (Wildman–Crippen LogP) is 2.90. The Morgan fingerprint density at radius 3 is 2.47 bits per heavy atom. The zero-order valence-corrected chi connectivity index (χ0v) is 12.1. The second-order valence-electron chi connectivity index (χ2n) is 5.16. The summed E-state index contributed by atoms with van der Waals surface area (Å²) in [5, 5.41) is 9.66. The van der Waals surface area contributed by atoms with Crippen molar-refractivity contribution in [1.82, 2.24) is 0 Å². The fourth-order valence-electron chi connectivity index (χ4n) is 1.87. The molecule has 3 heteroatoms. The highest BCUT2D eigenvalue weighted by Gasteiger charge is 2.09. The highest BCUT2D eigenvalue weighted by molar-refractivity contribution is 5.27. The van der Waals surface area contributed by atoms with Crippen LogP contribution in [0.25, 0.3) is 0 Å². The van der Waals surface area contributed by atoms with Crippen molar-refractivity contribution >= 4 is 0 Å². The van der Waals surface area contributed by atoms with Gasteiger partial charge in [0.15, 0.2) is 0 Å². The van der Waals surface area contributed by atoms with Crippen molar-refractivity contribution < 1.29 is 9.84 Å². The van der Waals surface area contributed by atoms with Crippen molar-refractivity contribution in [3.8, 4) is 5.75 Å². The van der Waals surface area contributed by atoms with Crippen molar-refractivity contribution in [3.63, 3.8) is 0 Å².